The molecule has 0 saturated heterocycles. The van der Waals surface area contributed by atoms with Crippen LogP contribution in [-0.4, -0.2) is 16.7 Å². The topological polar surface area (TPSA) is 79.3 Å². The summed E-state index contributed by atoms with van der Waals surface area (Å²) in [6, 6.07) is 16.5. The standard InChI is InChI=1S/C19H16N2O3/c1-13-3-2-4-15(9-13)19-21-17(11-24-19)18(22)12-23-16-7-5-14(10-20)6-8-16/h2-9,11,18,22H,12H2,1H3. The molecular formula is C19H16N2O3. The quantitative estimate of drug-likeness (QED) is 0.776. The van der Waals surface area contributed by atoms with Gasteiger partial charge in [-0.3, -0.25) is 0 Å². The SMILES string of the molecule is Cc1cccc(-c2nc(C(O)COc3ccc(C#N)cc3)co2)c1. The molecule has 1 atom stereocenters. The second-order valence-corrected chi connectivity index (χ2v) is 5.41. The maximum atomic E-state index is 10.2. The monoisotopic (exact) mass is 320 g/mol. The lowest BCUT2D eigenvalue weighted by Gasteiger charge is -2.09. The summed E-state index contributed by atoms with van der Waals surface area (Å²) in [7, 11) is 0. The van der Waals surface area contributed by atoms with Crippen LogP contribution in [0.2, 0.25) is 0 Å². The van der Waals surface area contributed by atoms with Crippen molar-refractivity contribution in [2.45, 2.75) is 13.0 Å². The van der Waals surface area contributed by atoms with Gasteiger partial charge < -0.3 is 14.3 Å². The molecular weight excluding hydrogens is 304 g/mol. The number of oxazole rings is 1. The van der Waals surface area contributed by atoms with Crippen molar-refractivity contribution < 1.29 is 14.3 Å². The zero-order chi connectivity index (χ0) is 16.9. The lowest BCUT2D eigenvalue weighted by molar-refractivity contribution is 0.104. The molecule has 2 aromatic carbocycles. The first-order valence-corrected chi connectivity index (χ1v) is 7.49. The summed E-state index contributed by atoms with van der Waals surface area (Å²) < 4.78 is 11.0. The van der Waals surface area contributed by atoms with E-state index in [1.807, 2.05) is 37.3 Å². The average Bonchev–Trinajstić information content (AvgIpc) is 3.10. The van der Waals surface area contributed by atoms with Gasteiger partial charge in [0, 0.05) is 5.56 Å². The van der Waals surface area contributed by atoms with E-state index in [0.29, 0.717) is 22.9 Å². The Kier molecular flexibility index (Phi) is 4.59. The summed E-state index contributed by atoms with van der Waals surface area (Å²) in [5.41, 5.74) is 2.95. The number of aromatic nitrogens is 1. The van der Waals surface area contributed by atoms with Crippen LogP contribution < -0.4 is 4.74 Å². The maximum Gasteiger partial charge on any atom is 0.226 e. The molecule has 3 aromatic rings. The van der Waals surface area contributed by atoms with E-state index in [-0.39, 0.29) is 6.61 Å². The Labute approximate surface area is 139 Å². The third-order valence-corrected chi connectivity index (χ3v) is 3.52. The number of ether oxygens (including phenoxy) is 1. The van der Waals surface area contributed by atoms with Crippen molar-refractivity contribution in [1.29, 1.82) is 5.26 Å². The predicted molar refractivity (Wildman–Crippen MR) is 88.3 cm³/mol. The highest BCUT2D eigenvalue weighted by Crippen LogP contribution is 2.23. The van der Waals surface area contributed by atoms with Crippen LogP contribution in [0.5, 0.6) is 5.75 Å². The molecule has 0 aliphatic heterocycles. The summed E-state index contributed by atoms with van der Waals surface area (Å²) in [4.78, 5) is 4.32. The molecule has 0 bridgehead atoms. The molecule has 0 amide bonds. The minimum atomic E-state index is -0.900. The molecule has 24 heavy (non-hydrogen) atoms. The minimum absolute atomic E-state index is 0.0473. The fourth-order valence-electron chi connectivity index (χ4n) is 2.24. The van der Waals surface area contributed by atoms with Crippen LogP contribution in [0.1, 0.15) is 22.9 Å². The van der Waals surface area contributed by atoms with Crippen molar-refractivity contribution in [3.8, 4) is 23.3 Å². The Hall–Kier alpha value is -3.10. The molecule has 0 fully saturated rings. The van der Waals surface area contributed by atoms with Gasteiger partial charge in [-0.2, -0.15) is 5.26 Å². The molecule has 5 heteroatoms. The number of nitrogens with zero attached hydrogens (tertiary/aromatic N) is 2. The van der Waals surface area contributed by atoms with Gasteiger partial charge >= 0.3 is 0 Å². The lowest BCUT2D eigenvalue weighted by Crippen LogP contribution is -2.10. The zero-order valence-electron chi connectivity index (χ0n) is 13.1. The summed E-state index contributed by atoms with van der Waals surface area (Å²) in [6.45, 7) is 2.04. The number of hydrogen-bond donors (Lipinski definition) is 1. The van der Waals surface area contributed by atoms with Crippen molar-refractivity contribution in [2.75, 3.05) is 6.61 Å². The third-order valence-electron chi connectivity index (χ3n) is 3.52. The minimum Gasteiger partial charge on any atom is -0.490 e. The highest BCUT2D eigenvalue weighted by molar-refractivity contribution is 5.54. The van der Waals surface area contributed by atoms with E-state index in [4.69, 9.17) is 14.4 Å². The van der Waals surface area contributed by atoms with Crippen LogP contribution in [0.15, 0.2) is 59.2 Å². The van der Waals surface area contributed by atoms with Gasteiger partial charge in [-0.1, -0.05) is 17.7 Å². The second kappa shape index (κ2) is 6.99. The van der Waals surface area contributed by atoms with Crippen LogP contribution in [0.25, 0.3) is 11.5 Å². The smallest absolute Gasteiger partial charge is 0.226 e. The fourth-order valence-corrected chi connectivity index (χ4v) is 2.24. The van der Waals surface area contributed by atoms with Gasteiger partial charge in [0.15, 0.2) is 0 Å². The van der Waals surface area contributed by atoms with Crippen LogP contribution >= 0.6 is 0 Å². The molecule has 1 unspecified atom stereocenters. The Morgan fingerprint density at radius 3 is 2.75 bits per heavy atom. The fraction of sp³-hybridized carbons (Fsp3) is 0.158. The van der Waals surface area contributed by atoms with E-state index in [0.717, 1.165) is 11.1 Å². The van der Waals surface area contributed by atoms with Gasteiger partial charge in [-0.05, 0) is 43.3 Å². The van der Waals surface area contributed by atoms with E-state index in [2.05, 4.69) is 4.98 Å². The molecule has 1 aromatic heterocycles. The molecule has 3 rings (SSSR count). The maximum absolute atomic E-state index is 10.2. The van der Waals surface area contributed by atoms with Crippen molar-refractivity contribution in [2.24, 2.45) is 0 Å². The Morgan fingerprint density at radius 1 is 1.25 bits per heavy atom. The first-order valence-electron chi connectivity index (χ1n) is 7.49. The number of rotatable bonds is 5. The van der Waals surface area contributed by atoms with Crippen LogP contribution in [0.4, 0.5) is 0 Å². The zero-order valence-corrected chi connectivity index (χ0v) is 13.1. The third kappa shape index (κ3) is 3.62. The molecule has 0 aliphatic carbocycles. The highest BCUT2D eigenvalue weighted by atomic mass is 16.5. The number of aryl methyl sites for hydroxylation is 1. The van der Waals surface area contributed by atoms with E-state index in [1.54, 1.807) is 24.3 Å². The molecule has 5 nitrogen and oxygen atoms in total. The highest BCUT2D eigenvalue weighted by Gasteiger charge is 2.15. The Morgan fingerprint density at radius 2 is 2.04 bits per heavy atom. The summed E-state index contributed by atoms with van der Waals surface area (Å²) >= 11 is 0. The molecule has 0 radical (unpaired) electrons. The van der Waals surface area contributed by atoms with Gasteiger partial charge in [0.1, 0.15) is 30.4 Å². The van der Waals surface area contributed by atoms with Crippen molar-refractivity contribution in [1.82, 2.24) is 4.98 Å². The largest absolute Gasteiger partial charge is 0.490 e. The van der Waals surface area contributed by atoms with Crippen molar-refractivity contribution in [3.05, 3.63) is 71.6 Å². The van der Waals surface area contributed by atoms with Crippen molar-refractivity contribution >= 4 is 0 Å². The Bertz CT molecular complexity index is 863. The molecule has 0 aliphatic rings. The molecule has 1 heterocycles. The van der Waals surface area contributed by atoms with Gasteiger partial charge in [-0.25, -0.2) is 4.98 Å². The molecule has 1 N–H and O–H groups in total. The summed E-state index contributed by atoms with van der Waals surface area (Å²) in [5.74, 6) is 1.04. The first kappa shape index (κ1) is 15.8. The number of benzene rings is 2. The second-order valence-electron chi connectivity index (χ2n) is 5.41. The summed E-state index contributed by atoms with van der Waals surface area (Å²) in [6.07, 6.45) is 0.535. The van der Waals surface area contributed by atoms with Gasteiger partial charge in [0.05, 0.1) is 11.6 Å². The van der Waals surface area contributed by atoms with E-state index >= 15 is 0 Å². The number of aliphatic hydroxyl groups is 1. The number of hydrogen-bond acceptors (Lipinski definition) is 5. The van der Waals surface area contributed by atoms with Crippen LogP contribution in [-0.2, 0) is 0 Å². The average molecular weight is 320 g/mol. The van der Waals surface area contributed by atoms with E-state index < -0.39 is 6.10 Å². The van der Waals surface area contributed by atoms with Gasteiger partial charge in [0.25, 0.3) is 0 Å². The van der Waals surface area contributed by atoms with Crippen molar-refractivity contribution in [3.63, 3.8) is 0 Å². The number of aliphatic hydroxyl groups excluding tert-OH is 1. The first-order chi connectivity index (χ1) is 11.7. The molecule has 0 saturated carbocycles. The van der Waals surface area contributed by atoms with Gasteiger partial charge in [-0.15, -0.1) is 0 Å². The lowest BCUT2D eigenvalue weighted by atomic mass is 10.1. The number of nitriles is 1. The molecule has 0 spiro atoms. The normalized spacial score (nSPS) is 11.7. The molecule has 120 valence electrons. The summed E-state index contributed by atoms with van der Waals surface area (Å²) in [5, 5.41) is 19.0. The van der Waals surface area contributed by atoms with E-state index in [9.17, 15) is 5.11 Å². The Balaban J connectivity index is 1.65. The van der Waals surface area contributed by atoms with Crippen LogP contribution in [0, 0.1) is 18.3 Å². The van der Waals surface area contributed by atoms with E-state index in [1.165, 1.54) is 6.26 Å². The predicted octanol–water partition coefficient (Wildman–Crippen LogP) is 3.63. The van der Waals surface area contributed by atoms with Gasteiger partial charge in [0.2, 0.25) is 5.89 Å². The van der Waals surface area contributed by atoms with Crippen LogP contribution in [0.3, 0.4) is 0 Å².